The van der Waals surface area contributed by atoms with Crippen molar-refractivity contribution in [2.45, 2.75) is 26.3 Å². The minimum absolute atomic E-state index is 0.0319. The molecule has 4 nitrogen and oxygen atoms in total. The maximum Gasteiger partial charge on any atom is 0.168 e. The quantitative estimate of drug-likeness (QED) is 0.851. The third kappa shape index (κ3) is 3.22. The first kappa shape index (κ1) is 14.6. The number of hydrogen-bond donors (Lipinski definition) is 2. The highest BCUT2D eigenvalue weighted by Gasteiger charge is 2.17. The monoisotopic (exact) mass is 298 g/mol. The first-order chi connectivity index (χ1) is 9.65. The summed E-state index contributed by atoms with van der Waals surface area (Å²) in [5, 5.41) is 8.45. The van der Waals surface area contributed by atoms with E-state index in [9.17, 15) is 8.78 Å². The predicted octanol–water partition coefficient (Wildman–Crippen LogP) is 3.81. The zero-order valence-electron chi connectivity index (χ0n) is 11.3. The van der Waals surface area contributed by atoms with Gasteiger partial charge in [-0.3, -0.25) is 0 Å². The van der Waals surface area contributed by atoms with Crippen molar-refractivity contribution in [3.05, 3.63) is 34.3 Å². The number of halogens is 2. The number of aromatic nitrogens is 2. The SMILES string of the molecule is CCNc1nc(NC(CC)c2nccs2)c(F)cc1F. The molecule has 0 bridgehead atoms. The van der Waals surface area contributed by atoms with Crippen LogP contribution < -0.4 is 10.6 Å². The molecule has 2 aromatic heterocycles. The topological polar surface area (TPSA) is 49.8 Å². The van der Waals surface area contributed by atoms with Gasteiger partial charge in [0.25, 0.3) is 0 Å². The van der Waals surface area contributed by atoms with Gasteiger partial charge in [0.15, 0.2) is 23.3 Å². The number of nitrogens with zero attached hydrogens (tertiary/aromatic N) is 2. The molecule has 0 spiro atoms. The maximum atomic E-state index is 13.8. The Morgan fingerprint density at radius 1 is 1.25 bits per heavy atom. The molecule has 0 radical (unpaired) electrons. The summed E-state index contributed by atoms with van der Waals surface area (Å²) in [5.41, 5.74) is 0. The minimum atomic E-state index is -0.709. The minimum Gasteiger partial charge on any atom is -0.368 e. The first-order valence-electron chi connectivity index (χ1n) is 6.41. The number of thiazole rings is 1. The van der Waals surface area contributed by atoms with E-state index in [0.29, 0.717) is 6.54 Å². The van der Waals surface area contributed by atoms with Gasteiger partial charge in [-0.15, -0.1) is 11.3 Å². The van der Waals surface area contributed by atoms with E-state index in [0.717, 1.165) is 17.5 Å². The Labute approximate surface area is 120 Å². The van der Waals surface area contributed by atoms with Gasteiger partial charge in [-0.1, -0.05) is 6.92 Å². The van der Waals surface area contributed by atoms with Crippen molar-refractivity contribution >= 4 is 23.0 Å². The summed E-state index contributed by atoms with van der Waals surface area (Å²) in [6.07, 6.45) is 2.42. The molecule has 108 valence electrons. The highest BCUT2D eigenvalue weighted by Crippen LogP contribution is 2.26. The Hall–Kier alpha value is -1.76. The predicted molar refractivity (Wildman–Crippen MR) is 77.1 cm³/mol. The molecule has 2 heterocycles. The first-order valence-corrected chi connectivity index (χ1v) is 7.29. The molecule has 0 saturated heterocycles. The van der Waals surface area contributed by atoms with Crippen LogP contribution in [0, 0.1) is 11.6 Å². The van der Waals surface area contributed by atoms with E-state index >= 15 is 0 Å². The molecule has 0 amide bonds. The molecule has 2 rings (SSSR count). The van der Waals surface area contributed by atoms with Gasteiger partial charge >= 0.3 is 0 Å². The second-order valence-electron chi connectivity index (χ2n) is 4.16. The molecule has 2 N–H and O–H groups in total. The van der Waals surface area contributed by atoms with Gasteiger partial charge in [-0.2, -0.15) is 0 Å². The van der Waals surface area contributed by atoms with Gasteiger partial charge < -0.3 is 10.6 Å². The zero-order valence-corrected chi connectivity index (χ0v) is 12.1. The van der Waals surface area contributed by atoms with Crippen molar-refractivity contribution in [1.29, 1.82) is 0 Å². The van der Waals surface area contributed by atoms with E-state index in [4.69, 9.17) is 0 Å². The van der Waals surface area contributed by atoms with Crippen LogP contribution in [0.5, 0.6) is 0 Å². The summed E-state index contributed by atoms with van der Waals surface area (Å²) in [5.74, 6) is -1.33. The number of hydrogen-bond acceptors (Lipinski definition) is 5. The summed E-state index contributed by atoms with van der Waals surface area (Å²) in [6, 6.07) is 0.693. The molecule has 0 aliphatic rings. The highest BCUT2D eigenvalue weighted by molar-refractivity contribution is 7.09. The van der Waals surface area contributed by atoms with Gasteiger partial charge in [-0.25, -0.2) is 18.7 Å². The van der Waals surface area contributed by atoms with Crippen molar-refractivity contribution in [3.8, 4) is 0 Å². The summed E-state index contributed by atoms with van der Waals surface area (Å²) in [6.45, 7) is 4.30. The third-order valence-corrected chi connectivity index (χ3v) is 3.63. The van der Waals surface area contributed by atoms with Gasteiger partial charge in [0.05, 0.1) is 6.04 Å². The fraction of sp³-hybridized carbons (Fsp3) is 0.385. The lowest BCUT2D eigenvalue weighted by atomic mass is 10.2. The van der Waals surface area contributed by atoms with Crippen LogP contribution in [0.2, 0.25) is 0 Å². The molecule has 0 aromatic carbocycles. The summed E-state index contributed by atoms with van der Waals surface area (Å²) >= 11 is 1.48. The smallest absolute Gasteiger partial charge is 0.168 e. The molecule has 0 aliphatic carbocycles. The second kappa shape index (κ2) is 6.60. The van der Waals surface area contributed by atoms with E-state index in [1.807, 2.05) is 19.2 Å². The molecule has 1 unspecified atom stereocenters. The van der Waals surface area contributed by atoms with Crippen molar-refractivity contribution in [3.63, 3.8) is 0 Å². The van der Waals surface area contributed by atoms with Crippen molar-refractivity contribution in [1.82, 2.24) is 9.97 Å². The maximum absolute atomic E-state index is 13.8. The number of pyridine rings is 1. The van der Waals surface area contributed by atoms with Crippen LogP contribution in [0.25, 0.3) is 0 Å². The molecule has 20 heavy (non-hydrogen) atoms. The lowest BCUT2D eigenvalue weighted by Crippen LogP contribution is -2.13. The van der Waals surface area contributed by atoms with Crippen LogP contribution in [0.3, 0.4) is 0 Å². The number of rotatable bonds is 6. The largest absolute Gasteiger partial charge is 0.368 e. The lowest BCUT2D eigenvalue weighted by Gasteiger charge is -2.16. The Morgan fingerprint density at radius 3 is 2.60 bits per heavy atom. The van der Waals surface area contributed by atoms with Crippen LogP contribution >= 0.6 is 11.3 Å². The zero-order chi connectivity index (χ0) is 14.5. The van der Waals surface area contributed by atoms with E-state index in [1.165, 1.54) is 11.3 Å². The van der Waals surface area contributed by atoms with Gasteiger partial charge in [0.2, 0.25) is 0 Å². The Morgan fingerprint density at radius 2 is 2.00 bits per heavy atom. The van der Waals surface area contributed by atoms with Crippen LogP contribution in [-0.2, 0) is 0 Å². The molecule has 7 heteroatoms. The van der Waals surface area contributed by atoms with Crippen LogP contribution in [0.15, 0.2) is 17.6 Å². The van der Waals surface area contributed by atoms with Gasteiger partial charge in [0, 0.05) is 24.2 Å². The Bertz CT molecular complexity index is 560. The average Bonchev–Trinajstić information content (AvgIpc) is 2.94. The van der Waals surface area contributed by atoms with Crippen LogP contribution in [0.4, 0.5) is 20.4 Å². The fourth-order valence-corrected chi connectivity index (χ4v) is 2.54. The average molecular weight is 298 g/mol. The lowest BCUT2D eigenvalue weighted by molar-refractivity contribution is 0.574. The molecule has 1 atom stereocenters. The van der Waals surface area contributed by atoms with E-state index in [-0.39, 0.29) is 17.7 Å². The van der Waals surface area contributed by atoms with E-state index < -0.39 is 11.6 Å². The molecule has 0 aliphatic heterocycles. The standard InChI is InChI=1S/C13H16F2N4S/c1-3-10(13-17-5-6-20-13)18-12-9(15)7-8(14)11(19-12)16-4-2/h5-7,10H,3-4H2,1-2H3,(H2,16,18,19). The van der Waals surface area contributed by atoms with Crippen LogP contribution in [0.1, 0.15) is 31.3 Å². The number of nitrogens with one attached hydrogen (secondary N) is 2. The Balaban J connectivity index is 2.25. The summed E-state index contributed by atoms with van der Waals surface area (Å²) in [4.78, 5) is 8.17. The third-order valence-electron chi connectivity index (χ3n) is 2.74. The molecule has 0 saturated carbocycles. The van der Waals surface area contributed by atoms with Crippen molar-refractivity contribution < 1.29 is 8.78 Å². The highest BCUT2D eigenvalue weighted by atomic mass is 32.1. The van der Waals surface area contributed by atoms with E-state index in [2.05, 4.69) is 20.6 Å². The van der Waals surface area contributed by atoms with Crippen LogP contribution in [-0.4, -0.2) is 16.5 Å². The van der Waals surface area contributed by atoms with Crippen molar-refractivity contribution in [2.75, 3.05) is 17.2 Å². The molecular weight excluding hydrogens is 282 g/mol. The summed E-state index contributed by atoms with van der Waals surface area (Å²) in [7, 11) is 0. The van der Waals surface area contributed by atoms with Gasteiger partial charge in [-0.05, 0) is 13.3 Å². The fourth-order valence-electron chi connectivity index (χ4n) is 1.77. The van der Waals surface area contributed by atoms with Crippen molar-refractivity contribution in [2.24, 2.45) is 0 Å². The molecule has 0 fully saturated rings. The van der Waals surface area contributed by atoms with E-state index in [1.54, 1.807) is 6.20 Å². The second-order valence-corrected chi connectivity index (χ2v) is 5.08. The normalized spacial score (nSPS) is 12.2. The number of anilines is 2. The molecular formula is C13H16F2N4S. The molecule has 2 aromatic rings. The Kier molecular flexibility index (Phi) is 4.84. The van der Waals surface area contributed by atoms with Gasteiger partial charge in [0.1, 0.15) is 5.01 Å². The summed E-state index contributed by atoms with van der Waals surface area (Å²) < 4.78 is 27.3.